The van der Waals surface area contributed by atoms with Gasteiger partial charge in [-0.25, -0.2) is 4.79 Å². The number of aliphatic hydroxyl groups excluding tert-OH is 1. The van der Waals surface area contributed by atoms with Crippen LogP contribution in [-0.2, 0) is 22.1 Å². The average molecular weight is 435 g/mol. The van der Waals surface area contributed by atoms with Gasteiger partial charge in [-0.1, -0.05) is 36.4 Å². The van der Waals surface area contributed by atoms with Crippen molar-refractivity contribution in [3.63, 3.8) is 0 Å². The first-order valence-corrected chi connectivity index (χ1v) is 10.0. The molecule has 0 aliphatic heterocycles. The molecule has 168 valence electrons. The molecule has 0 amide bonds. The maximum atomic E-state index is 12.8. The summed E-state index contributed by atoms with van der Waals surface area (Å²) in [7, 11) is 1.34. The van der Waals surface area contributed by atoms with Gasteiger partial charge in [0.2, 0.25) is 0 Å². The largest absolute Gasteiger partial charge is 0.466 e. The molecule has 2 aromatic carbocycles. The number of hydrogen-bond acceptors (Lipinski definition) is 4. The molecular weight excluding hydrogens is 407 g/mol. The molecule has 0 heterocycles. The van der Waals surface area contributed by atoms with Crippen LogP contribution in [0.5, 0.6) is 0 Å². The zero-order valence-electron chi connectivity index (χ0n) is 17.9. The van der Waals surface area contributed by atoms with E-state index in [1.165, 1.54) is 25.3 Å². The van der Waals surface area contributed by atoms with E-state index in [-0.39, 0.29) is 18.2 Å². The smallest absolute Gasteiger partial charge is 0.416 e. The van der Waals surface area contributed by atoms with E-state index in [2.05, 4.69) is 10.1 Å². The van der Waals surface area contributed by atoms with E-state index < -0.39 is 23.8 Å². The minimum absolute atomic E-state index is 0.0704. The predicted molar refractivity (Wildman–Crippen MR) is 114 cm³/mol. The minimum atomic E-state index is -4.43. The molecular formula is C24H28F3NO3. The van der Waals surface area contributed by atoms with Gasteiger partial charge in [-0.05, 0) is 61.1 Å². The molecule has 31 heavy (non-hydrogen) atoms. The zero-order chi connectivity index (χ0) is 23.0. The highest BCUT2D eigenvalue weighted by Gasteiger charge is 2.30. The van der Waals surface area contributed by atoms with Crippen molar-refractivity contribution in [1.29, 1.82) is 0 Å². The number of carbonyl (C=O) groups excluding carboxylic acids is 1. The van der Waals surface area contributed by atoms with Gasteiger partial charge in [-0.3, -0.25) is 0 Å². The molecule has 0 spiro atoms. The number of allylic oxidation sites excluding steroid dienone is 1. The number of alkyl halides is 3. The summed E-state index contributed by atoms with van der Waals surface area (Å²) in [6.07, 6.45) is -2.41. The number of methoxy groups -OCH3 is 1. The maximum absolute atomic E-state index is 12.8. The quantitative estimate of drug-likeness (QED) is 0.433. The van der Waals surface area contributed by atoms with E-state index in [1.807, 2.05) is 38.1 Å². The number of benzene rings is 2. The Bertz CT molecular complexity index is 892. The first-order chi connectivity index (χ1) is 14.6. The lowest BCUT2D eigenvalue weighted by Crippen LogP contribution is -2.30. The number of ether oxygens (including phenoxy) is 1. The molecule has 0 aliphatic rings. The van der Waals surface area contributed by atoms with E-state index in [1.54, 1.807) is 0 Å². The molecule has 2 N–H and O–H groups in total. The van der Waals surface area contributed by atoms with E-state index in [9.17, 15) is 23.1 Å². The van der Waals surface area contributed by atoms with Crippen LogP contribution in [0.25, 0.3) is 5.57 Å². The molecule has 0 aliphatic carbocycles. The van der Waals surface area contributed by atoms with Crippen molar-refractivity contribution in [2.75, 3.05) is 13.7 Å². The first-order valence-electron chi connectivity index (χ1n) is 10.0. The zero-order valence-corrected chi connectivity index (χ0v) is 17.9. The summed E-state index contributed by atoms with van der Waals surface area (Å²) in [5, 5.41) is 13.4. The topological polar surface area (TPSA) is 58.6 Å². The highest BCUT2D eigenvalue weighted by Crippen LogP contribution is 2.30. The van der Waals surface area contributed by atoms with Gasteiger partial charge in [0.1, 0.15) is 0 Å². The molecule has 0 radical (unpaired) electrons. The minimum Gasteiger partial charge on any atom is -0.466 e. The molecule has 0 bridgehead atoms. The second-order valence-corrected chi connectivity index (χ2v) is 7.53. The second-order valence-electron chi connectivity index (χ2n) is 7.53. The van der Waals surface area contributed by atoms with Crippen LogP contribution in [-0.4, -0.2) is 30.8 Å². The molecule has 0 aromatic heterocycles. The third-order valence-corrected chi connectivity index (χ3v) is 5.07. The van der Waals surface area contributed by atoms with Crippen molar-refractivity contribution < 1.29 is 27.8 Å². The summed E-state index contributed by atoms with van der Waals surface area (Å²) >= 11 is 0. The molecule has 7 heteroatoms. The van der Waals surface area contributed by atoms with Gasteiger partial charge >= 0.3 is 12.1 Å². The van der Waals surface area contributed by atoms with Crippen molar-refractivity contribution in [2.45, 2.75) is 45.0 Å². The molecule has 0 fully saturated rings. The van der Waals surface area contributed by atoms with Crippen LogP contribution in [0.15, 0.2) is 54.6 Å². The van der Waals surface area contributed by atoms with E-state index in [0.717, 1.165) is 41.7 Å². The monoisotopic (exact) mass is 435 g/mol. The third-order valence-electron chi connectivity index (χ3n) is 5.07. The lowest BCUT2D eigenvalue weighted by atomic mass is 10.0. The normalized spacial score (nSPS) is 14.2. The van der Waals surface area contributed by atoms with Crippen LogP contribution in [0.3, 0.4) is 0 Å². The van der Waals surface area contributed by atoms with E-state index in [4.69, 9.17) is 0 Å². The number of nitrogens with one attached hydrogen (secondary N) is 1. The summed E-state index contributed by atoms with van der Waals surface area (Å²) in [4.78, 5) is 11.3. The molecule has 2 rings (SSSR count). The van der Waals surface area contributed by atoms with E-state index >= 15 is 0 Å². The number of esters is 1. The summed E-state index contributed by atoms with van der Waals surface area (Å²) in [6.45, 7) is 3.98. The number of aryl methyl sites for hydroxylation is 1. The van der Waals surface area contributed by atoms with Crippen LogP contribution in [0.4, 0.5) is 13.2 Å². The van der Waals surface area contributed by atoms with Gasteiger partial charge in [0.05, 0.1) is 18.8 Å². The summed E-state index contributed by atoms with van der Waals surface area (Å²) in [6, 6.07) is 12.7. The molecule has 4 nitrogen and oxygen atoms in total. The molecule has 0 saturated carbocycles. The molecule has 0 unspecified atom stereocenters. The number of aliphatic hydroxyl groups is 1. The van der Waals surface area contributed by atoms with Gasteiger partial charge in [-0.15, -0.1) is 0 Å². The fraction of sp³-hybridized carbons (Fsp3) is 0.375. The van der Waals surface area contributed by atoms with Gasteiger partial charge < -0.3 is 15.2 Å². The first kappa shape index (κ1) is 24.6. The summed E-state index contributed by atoms with van der Waals surface area (Å²) in [5.41, 5.74) is 2.35. The third kappa shape index (κ3) is 7.84. The number of rotatable bonds is 9. The van der Waals surface area contributed by atoms with Gasteiger partial charge in [0, 0.05) is 18.7 Å². The Morgan fingerprint density at radius 2 is 1.87 bits per heavy atom. The Kier molecular flexibility index (Phi) is 8.83. The van der Waals surface area contributed by atoms with Crippen LogP contribution in [0, 0.1) is 0 Å². The Hall–Kier alpha value is -2.64. The fourth-order valence-corrected chi connectivity index (χ4v) is 3.09. The Labute approximate surface area is 180 Å². The average Bonchev–Trinajstić information content (AvgIpc) is 2.75. The predicted octanol–water partition coefficient (Wildman–Crippen LogP) is 4.93. The van der Waals surface area contributed by atoms with Crippen LogP contribution in [0.2, 0.25) is 0 Å². The fourth-order valence-electron chi connectivity index (χ4n) is 3.09. The Morgan fingerprint density at radius 1 is 1.19 bits per heavy atom. The van der Waals surface area contributed by atoms with E-state index in [0.29, 0.717) is 0 Å². The molecule has 2 atom stereocenters. The molecule has 0 saturated heterocycles. The maximum Gasteiger partial charge on any atom is 0.416 e. The standard InChI is InChI=1S/C24H28F3NO3/c1-16(13-23(30)31-3)19-11-9-18(10-12-19)8-7-17(2)28-15-22(29)20-5-4-6-21(14-20)24(25,26)27/h4-6,9-14,17,22,28-29H,7-8,15H2,1-3H3/b16-13+/t17-,22-/m1/s1. The van der Waals surface area contributed by atoms with Crippen molar-refractivity contribution in [3.8, 4) is 0 Å². The highest BCUT2D eigenvalue weighted by molar-refractivity contribution is 5.90. The lowest BCUT2D eigenvalue weighted by molar-refractivity contribution is -0.137. The number of halogens is 3. The number of hydrogen-bond donors (Lipinski definition) is 2. The SMILES string of the molecule is COC(=O)/C=C(\C)c1ccc(CC[C@@H](C)NC[C@@H](O)c2cccc(C(F)(F)F)c2)cc1. The summed E-state index contributed by atoms with van der Waals surface area (Å²) in [5.74, 6) is -0.395. The van der Waals surface area contributed by atoms with Crippen molar-refractivity contribution in [1.82, 2.24) is 5.32 Å². The van der Waals surface area contributed by atoms with Crippen molar-refractivity contribution in [2.24, 2.45) is 0 Å². The Morgan fingerprint density at radius 3 is 2.48 bits per heavy atom. The molecule has 2 aromatic rings. The lowest BCUT2D eigenvalue weighted by Gasteiger charge is -2.18. The summed E-state index contributed by atoms with van der Waals surface area (Å²) < 4.78 is 43.1. The van der Waals surface area contributed by atoms with Crippen LogP contribution in [0.1, 0.15) is 48.6 Å². The highest BCUT2D eigenvalue weighted by atomic mass is 19.4. The van der Waals surface area contributed by atoms with Crippen LogP contribution >= 0.6 is 0 Å². The number of carbonyl (C=O) groups is 1. The second kappa shape index (κ2) is 11.1. The Balaban J connectivity index is 1.84. The van der Waals surface area contributed by atoms with Gasteiger partial charge in [0.25, 0.3) is 0 Å². The van der Waals surface area contributed by atoms with Gasteiger partial charge in [-0.2, -0.15) is 13.2 Å². The van der Waals surface area contributed by atoms with Crippen LogP contribution < -0.4 is 5.32 Å². The van der Waals surface area contributed by atoms with Gasteiger partial charge in [0.15, 0.2) is 0 Å². The van der Waals surface area contributed by atoms with Crippen molar-refractivity contribution in [3.05, 3.63) is 76.9 Å². The van der Waals surface area contributed by atoms with Crippen molar-refractivity contribution >= 4 is 11.5 Å².